The van der Waals surface area contributed by atoms with Crippen molar-refractivity contribution in [1.29, 1.82) is 0 Å². The van der Waals surface area contributed by atoms with Crippen LogP contribution in [0.4, 0.5) is 5.95 Å². The van der Waals surface area contributed by atoms with Crippen LogP contribution < -0.4 is 16.6 Å². The van der Waals surface area contributed by atoms with Crippen molar-refractivity contribution >= 4 is 28.7 Å². The molecule has 2 heterocycles. The lowest BCUT2D eigenvalue weighted by Crippen LogP contribution is -2.29. The summed E-state index contributed by atoms with van der Waals surface area (Å²) in [6, 6.07) is 7.38. The number of halogens is 1. The van der Waals surface area contributed by atoms with Crippen LogP contribution in [-0.4, -0.2) is 26.1 Å². The third-order valence-corrected chi connectivity index (χ3v) is 3.89. The van der Waals surface area contributed by atoms with Crippen LogP contribution in [-0.2, 0) is 13.6 Å². The molecule has 0 radical (unpaired) electrons. The van der Waals surface area contributed by atoms with Gasteiger partial charge in [-0.05, 0) is 11.6 Å². The van der Waals surface area contributed by atoms with Gasteiger partial charge in [-0.2, -0.15) is 4.98 Å². The van der Waals surface area contributed by atoms with Crippen molar-refractivity contribution < 1.29 is 0 Å². The monoisotopic (exact) mass is 319 g/mol. The fourth-order valence-corrected chi connectivity index (χ4v) is 2.57. The van der Waals surface area contributed by atoms with Gasteiger partial charge >= 0.3 is 5.69 Å². The molecule has 0 unspecified atom stereocenters. The lowest BCUT2D eigenvalue weighted by atomic mass is 10.2. The van der Waals surface area contributed by atoms with E-state index in [9.17, 15) is 9.59 Å². The maximum Gasteiger partial charge on any atom is 0.329 e. The van der Waals surface area contributed by atoms with E-state index in [2.05, 4.69) is 15.3 Å². The molecule has 0 saturated carbocycles. The average molecular weight is 320 g/mol. The van der Waals surface area contributed by atoms with Gasteiger partial charge in [-0.1, -0.05) is 29.8 Å². The molecule has 0 fully saturated rings. The Kier molecular flexibility index (Phi) is 3.50. The first-order valence-corrected chi connectivity index (χ1v) is 7.01. The zero-order valence-corrected chi connectivity index (χ0v) is 12.8. The van der Waals surface area contributed by atoms with Crippen LogP contribution in [0.1, 0.15) is 5.56 Å². The van der Waals surface area contributed by atoms with Crippen molar-refractivity contribution in [2.24, 2.45) is 7.05 Å². The highest BCUT2D eigenvalue weighted by Gasteiger charge is 2.17. The number of aromatic nitrogens is 4. The van der Waals surface area contributed by atoms with Crippen molar-refractivity contribution in [2.45, 2.75) is 6.54 Å². The number of benzene rings is 1. The number of anilines is 1. The van der Waals surface area contributed by atoms with E-state index in [-0.39, 0.29) is 0 Å². The van der Waals surface area contributed by atoms with Gasteiger partial charge in [0.15, 0.2) is 11.2 Å². The quantitative estimate of drug-likeness (QED) is 0.759. The predicted octanol–water partition coefficient (Wildman–Crippen LogP) is 1.17. The molecule has 22 heavy (non-hydrogen) atoms. The van der Waals surface area contributed by atoms with Crippen LogP contribution in [0.15, 0.2) is 33.9 Å². The van der Waals surface area contributed by atoms with E-state index >= 15 is 0 Å². The number of aryl methyl sites for hydroxylation is 1. The number of rotatable bonds is 3. The van der Waals surface area contributed by atoms with Gasteiger partial charge in [-0.3, -0.25) is 18.9 Å². The molecule has 114 valence electrons. The van der Waals surface area contributed by atoms with Gasteiger partial charge in [0.05, 0.1) is 6.54 Å². The normalized spacial score (nSPS) is 11.0. The highest BCUT2D eigenvalue weighted by atomic mass is 35.5. The molecule has 0 aliphatic carbocycles. The number of nitrogens with zero attached hydrogens (tertiary/aromatic N) is 3. The Balaban J connectivity index is 2.29. The zero-order valence-electron chi connectivity index (χ0n) is 12.1. The van der Waals surface area contributed by atoms with Crippen LogP contribution in [0.25, 0.3) is 11.2 Å². The average Bonchev–Trinajstić information content (AvgIpc) is 2.86. The summed E-state index contributed by atoms with van der Waals surface area (Å²) in [6.07, 6.45) is 0. The molecule has 0 atom stereocenters. The molecular weight excluding hydrogens is 306 g/mol. The fourth-order valence-electron chi connectivity index (χ4n) is 2.38. The maximum atomic E-state index is 12.2. The number of nitrogens with one attached hydrogen (secondary N) is 2. The van der Waals surface area contributed by atoms with E-state index in [4.69, 9.17) is 11.6 Å². The number of fused-ring (bicyclic) bond motifs is 1. The van der Waals surface area contributed by atoms with Crippen molar-refractivity contribution in [3.63, 3.8) is 0 Å². The van der Waals surface area contributed by atoms with Crippen molar-refractivity contribution in [1.82, 2.24) is 19.1 Å². The second-order valence-corrected chi connectivity index (χ2v) is 5.26. The minimum Gasteiger partial charge on any atom is -0.359 e. The van der Waals surface area contributed by atoms with Gasteiger partial charge in [-0.15, -0.1) is 0 Å². The summed E-state index contributed by atoms with van der Waals surface area (Å²) in [7, 11) is 3.27. The Morgan fingerprint density at radius 3 is 2.73 bits per heavy atom. The summed E-state index contributed by atoms with van der Waals surface area (Å²) in [6.45, 7) is 0.369. The SMILES string of the molecule is CNc1nc2c(c(=O)[nH]c(=O)n2C)n1Cc1ccccc1Cl. The van der Waals surface area contributed by atoms with Gasteiger partial charge in [-0.25, -0.2) is 4.79 Å². The first-order chi connectivity index (χ1) is 10.5. The Bertz CT molecular complexity index is 970. The Hall–Kier alpha value is -2.54. The summed E-state index contributed by atoms with van der Waals surface area (Å²) in [5.41, 5.74) is 0.534. The lowest BCUT2D eigenvalue weighted by Gasteiger charge is -2.09. The van der Waals surface area contributed by atoms with E-state index in [0.717, 1.165) is 5.56 Å². The highest BCUT2D eigenvalue weighted by Crippen LogP contribution is 2.21. The molecule has 7 nitrogen and oxygen atoms in total. The van der Waals surface area contributed by atoms with E-state index < -0.39 is 11.2 Å². The summed E-state index contributed by atoms with van der Waals surface area (Å²) in [5, 5.41) is 3.54. The standard InChI is InChI=1S/C14H14ClN5O2/c1-16-13-17-11-10(12(21)18-14(22)19(11)2)20(13)7-8-5-3-4-6-9(8)15/h3-6H,7H2,1-2H3,(H,16,17)(H,18,21,22). The molecule has 0 aliphatic heterocycles. The summed E-state index contributed by atoms with van der Waals surface area (Å²) in [5.74, 6) is 0.488. The largest absolute Gasteiger partial charge is 0.359 e. The number of aromatic amines is 1. The summed E-state index contributed by atoms with van der Waals surface area (Å²) in [4.78, 5) is 30.5. The van der Waals surface area contributed by atoms with Gasteiger partial charge < -0.3 is 5.32 Å². The smallest absolute Gasteiger partial charge is 0.329 e. The molecule has 0 aliphatic rings. The Labute approximate surface area is 130 Å². The van der Waals surface area contributed by atoms with Crippen LogP contribution in [0.2, 0.25) is 5.02 Å². The van der Waals surface area contributed by atoms with Crippen LogP contribution in [0, 0.1) is 0 Å². The van der Waals surface area contributed by atoms with Gasteiger partial charge in [0, 0.05) is 19.1 Å². The summed E-state index contributed by atoms with van der Waals surface area (Å²) >= 11 is 6.19. The fraction of sp³-hybridized carbons (Fsp3) is 0.214. The molecule has 2 aromatic heterocycles. The molecule has 0 spiro atoms. The number of hydrogen-bond acceptors (Lipinski definition) is 4. The second kappa shape index (κ2) is 5.34. The van der Waals surface area contributed by atoms with Crippen molar-refractivity contribution in [3.05, 3.63) is 55.7 Å². The molecule has 0 saturated heterocycles. The van der Waals surface area contributed by atoms with Crippen LogP contribution in [0.5, 0.6) is 0 Å². The molecular formula is C14H14ClN5O2. The van der Waals surface area contributed by atoms with Gasteiger partial charge in [0.25, 0.3) is 5.56 Å². The number of imidazole rings is 1. The maximum absolute atomic E-state index is 12.2. The Morgan fingerprint density at radius 1 is 1.32 bits per heavy atom. The summed E-state index contributed by atoms with van der Waals surface area (Å²) < 4.78 is 3.01. The Morgan fingerprint density at radius 2 is 2.05 bits per heavy atom. The first-order valence-electron chi connectivity index (χ1n) is 6.63. The van der Waals surface area contributed by atoms with E-state index in [1.165, 1.54) is 4.57 Å². The molecule has 0 bridgehead atoms. The van der Waals surface area contributed by atoms with Crippen LogP contribution in [0.3, 0.4) is 0 Å². The molecule has 2 N–H and O–H groups in total. The number of H-pyrrole nitrogens is 1. The zero-order chi connectivity index (χ0) is 15.9. The highest BCUT2D eigenvalue weighted by molar-refractivity contribution is 6.31. The third kappa shape index (κ3) is 2.19. The lowest BCUT2D eigenvalue weighted by molar-refractivity contribution is 0.810. The minimum absolute atomic E-state index is 0.324. The van der Waals surface area contributed by atoms with Crippen molar-refractivity contribution in [2.75, 3.05) is 12.4 Å². The number of hydrogen-bond donors (Lipinski definition) is 2. The first kappa shape index (κ1) is 14.4. The molecule has 0 amide bonds. The molecule has 8 heteroatoms. The van der Waals surface area contributed by atoms with Crippen molar-refractivity contribution in [3.8, 4) is 0 Å². The van der Waals surface area contributed by atoms with Gasteiger partial charge in [0.1, 0.15) is 0 Å². The van der Waals surface area contributed by atoms with E-state index in [0.29, 0.717) is 28.7 Å². The van der Waals surface area contributed by atoms with Gasteiger partial charge in [0.2, 0.25) is 5.95 Å². The van der Waals surface area contributed by atoms with E-state index in [1.807, 2.05) is 18.2 Å². The topological polar surface area (TPSA) is 84.7 Å². The van der Waals surface area contributed by atoms with E-state index in [1.54, 1.807) is 24.7 Å². The third-order valence-electron chi connectivity index (χ3n) is 3.52. The predicted molar refractivity (Wildman–Crippen MR) is 85.7 cm³/mol. The second-order valence-electron chi connectivity index (χ2n) is 4.85. The minimum atomic E-state index is -0.498. The molecule has 1 aromatic carbocycles. The molecule has 3 rings (SSSR count). The molecule has 3 aromatic rings. The van der Waals surface area contributed by atoms with Crippen LogP contribution >= 0.6 is 11.6 Å².